The van der Waals surface area contributed by atoms with E-state index in [2.05, 4.69) is 0 Å². The fraction of sp³-hybridized carbons (Fsp3) is 0.364. The summed E-state index contributed by atoms with van der Waals surface area (Å²) in [6.07, 6.45) is 2.02. The Kier molecular flexibility index (Phi) is 4.49. The van der Waals surface area contributed by atoms with Crippen LogP contribution in [0.1, 0.15) is 36.8 Å². The van der Waals surface area contributed by atoms with Crippen LogP contribution in [0, 0.1) is 0 Å². The molecular weight excluding hydrogens is 324 g/mol. The molecule has 2 heterocycles. The smallest absolute Gasteiger partial charge is 0.245 e. The summed E-state index contributed by atoms with van der Waals surface area (Å²) in [4.78, 5) is 30.1. The van der Waals surface area contributed by atoms with Crippen LogP contribution in [0.15, 0.2) is 60.7 Å². The average Bonchev–Trinajstić information content (AvgIpc) is 3.15. The van der Waals surface area contributed by atoms with Crippen LogP contribution in [0.5, 0.6) is 0 Å². The van der Waals surface area contributed by atoms with E-state index in [9.17, 15) is 9.59 Å². The van der Waals surface area contributed by atoms with E-state index in [1.165, 1.54) is 0 Å². The second kappa shape index (κ2) is 6.94. The number of benzene rings is 2. The lowest BCUT2D eigenvalue weighted by atomic mass is 9.89. The van der Waals surface area contributed by atoms with Crippen LogP contribution in [-0.4, -0.2) is 46.8 Å². The third-order valence-corrected chi connectivity index (χ3v) is 5.69. The summed E-state index contributed by atoms with van der Waals surface area (Å²) >= 11 is 0. The van der Waals surface area contributed by atoms with Crippen molar-refractivity contribution in [2.45, 2.75) is 37.8 Å². The van der Waals surface area contributed by atoms with Crippen molar-refractivity contribution < 1.29 is 9.59 Å². The Bertz CT molecular complexity index is 751. The van der Waals surface area contributed by atoms with E-state index >= 15 is 0 Å². The number of hydrogen-bond acceptors (Lipinski definition) is 2. The zero-order valence-corrected chi connectivity index (χ0v) is 15.0. The summed E-state index contributed by atoms with van der Waals surface area (Å²) in [5.74, 6) is -0.262. The molecule has 134 valence electrons. The predicted molar refractivity (Wildman–Crippen MR) is 101 cm³/mol. The minimum atomic E-state index is -0.397. The van der Waals surface area contributed by atoms with Gasteiger partial charge in [0.25, 0.3) is 0 Å². The van der Waals surface area contributed by atoms with E-state index in [4.69, 9.17) is 0 Å². The molecule has 2 aliphatic rings. The highest BCUT2D eigenvalue weighted by Gasteiger charge is 2.43. The first-order valence-corrected chi connectivity index (χ1v) is 9.37. The predicted octanol–water partition coefficient (Wildman–Crippen LogP) is 3.04. The molecule has 0 unspecified atom stereocenters. The van der Waals surface area contributed by atoms with Crippen molar-refractivity contribution in [2.24, 2.45) is 0 Å². The topological polar surface area (TPSA) is 40.6 Å². The molecule has 2 fully saturated rings. The lowest BCUT2D eigenvalue weighted by Gasteiger charge is -2.42. The van der Waals surface area contributed by atoms with Crippen LogP contribution in [0.4, 0.5) is 0 Å². The van der Waals surface area contributed by atoms with Gasteiger partial charge in [-0.05, 0) is 30.9 Å². The van der Waals surface area contributed by atoms with Gasteiger partial charge in [-0.2, -0.15) is 0 Å². The molecule has 0 bridgehead atoms. The van der Waals surface area contributed by atoms with Gasteiger partial charge < -0.3 is 9.80 Å². The molecule has 4 rings (SSSR count). The number of fused-ring (bicyclic) bond motifs is 1. The average molecular weight is 348 g/mol. The second-order valence-corrected chi connectivity index (χ2v) is 7.25. The van der Waals surface area contributed by atoms with Gasteiger partial charge in [0, 0.05) is 19.1 Å². The maximum atomic E-state index is 13.6. The van der Waals surface area contributed by atoms with E-state index in [-0.39, 0.29) is 23.8 Å². The van der Waals surface area contributed by atoms with Gasteiger partial charge in [-0.25, -0.2) is 0 Å². The summed E-state index contributed by atoms with van der Waals surface area (Å²) in [6.45, 7) is 3.33. The maximum Gasteiger partial charge on any atom is 0.245 e. The van der Waals surface area contributed by atoms with Gasteiger partial charge in [0.1, 0.15) is 6.04 Å². The third kappa shape index (κ3) is 2.90. The molecule has 0 N–H and O–H groups in total. The van der Waals surface area contributed by atoms with Gasteiger partial charge in [0.2, 0.25) is 11.8 Å². The largest absolute Gasteiger partial charge is 0.336 e. The first kappa shape index (κ1) is 16.8. The fourth-order valence-corrected chi connectivity index (χ4v) is 4.29. The normalized spacial score (nSPS) is 22.6. The van der Waals surface area contributed by atoms with E-state index in [1.54, 1.807) is 4.90 Å². The molecule has 0 radical (unpaired) electrons. The Morgan fingerprint density at radius 1 is 1.00 bits per heavy atom. The van der Waals surface area contributed by atoms with Crippen LogP contribution in [0.2, 0.25) is 0 Å². The summed E-state index contributed by atoms with van der Waals surface area (Å²) in [6, 6.07) is 19.5. The Hall–Kier alpha value is -2.62. The molecule has 2 atom stereocenters. The zero-order chi connectivity index (χ0) is 18.1. The standard InChI is InChI=1S/C22H24N2O2/c1-16-21(25)23-14-8-13-19(23)15-24(16)22(26)20(17-9-4-2-5-10-17)18-11-6-3-7-12-18/h2-7,9-12,16,19-20H,8,13-15H2,1H3/t16-,19+/m0/s1. The highest BCUT2D eigenvalue weighted by molar-refractivity contribution is 5.93. The zero-order valence-electron chi connectivity index (χ0n) is 15.0. The molecule has 2 aliphatic heterocycles. The molecule has 0 aliphatic carbocycles. The highest BCUT2D eigenvalue weighted by atomic mass is 16.2. The van der Waals surface area contributed by atoms with Gasteiger partial charge >= 0.3 is 0 Å². The van der Waals surface area contributed by atoms with Gasteiger partial charge in [-0.1, -0.05) is 60.7 Å². The SMILES string of the molecule is C[C@H]1C(=O)N2CCC[C@@H]2CN1C(=O)C(c1ccccc1)c1ccccc1. The van der Waals surface area contributed by atoms with Crippen molar-refractivity contribution >= 4 is 11.8 Å². The number of nitrogens with zero attached hydrogens (tertiary/aromatic N) is 2. The van der Waals surface area contributed by atoms with Crippen molar-refractivity contribution in [2.75, 3.05) is 13.1 Å². The van der Waals surface area contributed by atoms with Crippen molar-refractivity contribution in [1.29, 1.82) is 0 Å². The van der Waals surface area contributed by atoms with Gasteiger partial charge in [-0.15, -0.1) is 0 Å². The summed E-state index contributed by atoms with van der Waals surface area (Å²) in [7, 11) is 0. The summed E-state index contributed by atoms with van der Waals surface area (Å²) in [5, 5.41) is 0. The van der Waals surface area contributed by atoms with E-state index in [0.717, 1.165) is 30.5 Å². The van der Waals surface area contributed by atoms with Gasteiger partial charge in [0.15, 0.2) is 0 Å². The number of amides is 2. The van der Waals surface area contributed by atoms with E-state index in [0.29, 0.717) is 6.54 Å². The number of hydrogen-bond donors (Lipinski definition) is 0. The third-order valence-electron chi connectivity index (χ3n) is 5.69. The Morgan fingerprint density at radius 3 is 2.15 bits per heavy atom. The maximum absolute atomic E-state index is 13.6. The number of carbonyl (C=O) groups is 2. The molecule has 0 saturated carbocycles. The molecule has 2 aromatic rings. The van der Waals surface area contributed by atoms with E-state index in [1.807, 2.05) is 72.5 Å². The van der Waals surface area contributed by atoms with Crippen LogP contribution < -0.4 is 0 Å². The molecule has 4 nitrogen and oxygen atoms in total. The summed E-state index contributed by atoms with van der Waals surface area (Å²) in [5.41, 5.74) is 1.94. The number of piperazine rings is 1. The van der Waals surface area contributed by atoms with Crippen LogP contribution in [-0.2, 0) is 9.59 Å². The second-order valence-electron chi connectivity index (χ2n) is 7.25. The molecular formula is C22H24N2O2. The van der Waals surface area contributed by atoms with Crippen molar-refractivity contribution in [3.63, 3.8) is 0 Å². The van der Waals surface area contributed by atoms with Gasteiger partial charge in [-0.3, -0.25) is 9.59 Å². The highest BCUT2D eigenvalue weighted by Crippen LogP contribution is 2.31. The molecule has 0 aromatic heterocycles. The molecule has 4 heteroatoms. The molecule has 2 saturated heterocycles. The first-order valence-electron chi connectivity index (χ1n) is 9.37. The number of rotatable bonds is 3. The van der Waals surface area contributed by atoms with Crippen LogP contribution in [0.3, 0.4) is 0 Å². The molecule has 26 heavy (non-hydrogen) atoms. The minimum Gasteiger partial charge on any atom is -0.336 e. The van der Waals surface area contributed by atoms with Crippen LogP contribution >= 0.6 is 0 Å². The Balaban J connectivity index is 1.69. The lowest BCUT2D eigenvalue weighted by Crippen LogP contribution is -2.60. The monoisotopic (exact) mass is 348 g/mol. The van der Waals surface area contributed by atoms with Crippen molar-refractivity contribution in [1.82, 2.24) is 9.80 Å². The lowest BCUT2D eigenvalue weighted by molar-refractivity contribution is -0.152. The molecule has 2 aromatic carbocycles. The molecule has 0 spiro atoms. The Labute approximate surface area is 154 Å². The quantitative estimate of drug-likeness (QED) is 0.855. The van der Waals surface area contributed by atoms with Crippen molar-refractivity contribution in [3.05, 3.63) is 71.8 Å². The summed E-state index contributed by atoms with van der Waals surface area (Å²) < 4.78 is 0. The minimum absolute atomic E-state index is 0.0230. The number of carbonyl (C=O) groups excluding carboxylic acids is 2. The van der Waals surface area contributed by atoms with Crippen molar-refractivity contribution in [3.8, 4) is 0 Å². The fourth-order valence-electron chi connectivity index (χ4n) is 4.29. The van der Waals surface area contributed by atoms with E-state index < -0.39 is 6.04 Å². The van der Waals surface area contributed by atoms with Gasteiger partial charge in [0.05, 0.1) is 5.92 Å². The Morgan fingerprint density at radius 2 is 1.58 bits per heavy atom. The van der Waals surface area contributed by atoms with Crippen LogP contribution in [0.25, 0.3) is 0 Å². The molecule has 2 amide bonds. The first-order chi connectivity index (χ1) is 12.7.